The van der Waals surface area contributed by atoms with Gasteiger partial charge >= 0.3 is 0 Å². The van der Waals surface area contributed by atoms with Crippen LogP contribution in [0.15, 0.2) is 30.3 Å². The standard InChI is InChI=1S/C22H38N4O/c1-23(2)21-9-11-25(12-10-21)19-22(20-7-5-4-6-8-20)26-15-13-24(14-16-26)17-18-27-3/h4-8,21-22H,9-19H2,1-3H3. The van der Waals surface area contributed by atoms with Crippen molar-refractivity contribution >= 4 is 0 Å². The fourth-order valence-electron chi connectivity index (χ4n) is 4.49. The van der Waals surface area contributed by atoms with Crippen molar-refractivity contribution in [2.24, 2.45) is 0 Å². The molecule has 5 heteroatoms. The Morgan fingerprint density at radius 3 is 2.22 bits per heavy atom. The van der Waals surface area contributed by atoms with E-state index in [-0.39, 0.29) is 0 Å². The molecule has 1 aromatic rings. The summed E-state index contributed by atoms with van der Waals surface area (Å²) in [7, 11) is 6.23. The van der Waals surface area contributed by atoms with E-state index in [0.717, 1.165) is 51.9 Å². The lowest BCUT2D eigenvalue weighted by Crippen LogP contribution is -2.51. The summed E-state index contributed by atoms with van der Waals surface area (Å²) >= 11 is 0. The molecule has 2 heterocycles. The van der Waals surface area contributed by atoms with Crippen molar-refractivity contribution in [1.29, 1.82) is 0 Å². The second-order valence-electron chi connectivity index (χ2n) is 8.29. The van der Waals surface area contributed by atoms with Gasteiger partial charge in [0.15, 0.2) is 0 Å². The number of piperidine rings is 1. The highest BCUT2D eigenvalue weighted by atomic mass is 16.5. The van der Waals surface area contributed by atoms with E-state index in [1.165, 1.54) is 31.5 Å². The van der Waals surface area contributed by atoms with Gasteiger partial charge in [0.1, 0.15) is 0 Å². The molecule has 1 unspecified atom stereocenters. The summed E-state index contributed by atoms with van der Waals surface area (Å²) in [5, 5.41) is 0. The molecule has 0 aliphatic carbocycles. The van der Waals surface area contributed by atoms with Gasteiger partial charge in [-0.3, -0.25) is 9.80 Å². The summed E-state index contributed by atoms with van der Waals surface area (Å²) in [5.74, 6) is 0. The zero-order valence-corrected chi connectivity index (χ0v) is 17.5. The molecule has 2 fully saturated rings. The highest BCUT2D eigenvalue weighted by Crippen LogP contribution is 2.25. The monoisotopic (exact) mass is 374 g/mol. The molecule has 27 heavy (non-hydrogen) atoms. The van der Waals surface area contributed by atoms with Crippen LogP contribution in [0.5, 0.6) is 0 Å². The first kappa shape index (κ1) is 20.7. The predicted molar refractivity (Wildman–Crippen MR) is 112 cm³/mol. The first-order valence-corrected chi connectivity index (χ1v) is 10.6. The van der Waals surface area contributed by atoms with Gasteiger partial charge in [0.25, 0.3) is 0 Å². The van der Waals surface area contributed by atoms with Crippen molar-refractivity contribution < 1.29 is 4.74 Å². The van der Waals surface area contributed by atoms with E-state index >= 15 is 0 Å². The van der Waals surface area contributed by atoms with Crippen LogP contribution in [0.1, 0.15) is 24.4 Å². The molecule has 0 radical (unpaired) electrons. The summed E-state index contributed by atoms with van der Waals surface area (Å²) in [5.41, 5.74) is 1.47. The Balaban J connectivity index is 1.59. The van der Waals surface area contributed by atoms with Crippen molar-refractivity contribution in [2.75, 3.05) is 80.2 Å². The van der Waals surface area contributed by atoms with Crippen LogP contribution >= 0.6 is 0 Å². The molecular formula is C22H38N4O. The SMILES string of the molecule is COCCN1CCN(C(CN2CCC(N(C)C)CC2)c2ccccc2)CC1. The van der Waals surface area contributed by atoms with Crippen LogP contribution in [0.2, 0.25) is 0 Å². The van der Waals surface area contributed by atoms with Crippen LogP contribution in [0, 0.1) is 0 Å². The molecular weight excluding hydrogens is 336 g/mol. The highest BCUT2D eigenvalue weighted by Gasteiger charge is 2.28. The maximum Gasteiger partial charge on any atom is 0.0589 e. The fraction of sp³-hybridized carbons (Fsp3) is 0.727. The molecule has 2 saturated heterocycles. The molecule has 3 rings (SSSR count). The molecule has 0 aromatic heterocycles. The minimum Gasteiger partial charge on any atom is -0.383 e. The predicted octanol–water partition coefficient (Wildman–Crippen LogP) is 2.02. The van der Waals surface area contributed by atoms with Gasteiger partial charge in [-0.2, -0.15) is 0 Å². The Labute approximate surface area is 165 Å². The molecule has 0 amide bonds. The molecule has 152 valence electrons. The first-order valence-electron chi connectivity index (χ1n) is 10.6. The number of rotatable bonds is 8. The minimum absolute atomic E-state index is 0.506. The van der Waals surface area contributed by atoms with Crippen molar-refractivity contribution in [3.63, 3.8) is 0 Å². The lowest BCUT2D eigenvalue weighted by Gasteiger charge is -2.43. The molecule has 0 bridgehead atoms. The van der Waals surface area contributed by atoms with Crippen molar-refractivity contribution in [3.05, 3.63) is 35.9 Å². The summed E-state index contributed by atoms with van der Waals surface area (Å²) in [6.07, 6.45) is 2.58. The van der Waals surface area contributed by atoms with Gasteiger partial charge in [0, 0.05) is 58.5 Å². The van der Waals surface area contributed by atoms with Crippen LogP contribution in [0.3, 0.4) is 0 Å². The molecule has 2 aliphatic rings. The molecule has 0 N–H and O–H groups in total. The normalized spacial score (nSPS) is 22.4. The number of benzene rings is 1. The van der Waals surface area contributed by atoms with Gasteiger partial charge in [0.2, 0.25) is 0 Å². The van der Waals surface area contributed by atoms with E-state index in [0.29, 0.717) is 6.04 Å². The van der Waals surface area contributed by atoms with Gasteiger partial charge in [0.05, 0.1) is 6.61 Å². The third kappa shape index (κ3) is 6.00. The second-order valence-corrected chi connectivity index (χ2v) is 8.29. The minimum atomic E-state index is 0.506. The molecule has 0 saturated carbocycles. The van der Waals surface area contributed by atoms with Gasteiger partial charge in [-0.1, -0.05) is 30.3 Å². The lowest BCUT2D eigenvalue weighted by molar-refractivity contribution is 0.0512. The first-order chi connectivity index (χ1) is 13.2. The van der Waals surface area contributed by atoms with Crippen molar-refractivity contribution in [2.45, 2.75) is 24.9 Å². The van der Waals surface area contributed by atoms with Gasteiger partial charge in [-0.25, -0.2) is 0 Å². The summed E-state index contributed by atoms with van der Waals surface area (Å²) in [6, 6.07) is 12.4. The number of likely N-dealkylation sites (tertiary alicyclic amines) is 1. The molecule has 1 atom stereocenters. The van der Waals surface area contributed by atoms with Gasteiger partial charge in [-0.05, 0) is 45.6 Å². The third-order valence-electron chi connectivity index (χ3n) is 6.36. The second kappa shape index (κ2) is 10.5. The van der Waals surface area contributed by atoms with E-state index in [4.69, 9.17) is 4.74 Å². The van der Waals surface area contributed by atoms with E-state index < -0.39 is 0 Å². The Hall–Kier alpha value is -0.980. The molecule has 2 aliphatic heterocycles. The summed E-state index contributed by atoms with van der Waals surface area (Å²) in [6.45, 7) is 10.1. The number of hydrogen-bond donors (Lipinski definition) is 0. The Morgan fingerprint density at radius 1 is 0.963 bits per heavy atom. The van der Waals surface area contributed by atoms with E-state index in [9.17, 15) is 0 Å². The van der Waals surface area contributed by atoms with Gasteiger partial charge < -0.3 is 14.5 Å². The number of nitrogens with zero attached hydrogens (tertiary/aromatic N) is 4. The van der Waals surface area contributed by atoms with Gasteiger partial charge in [-0.15, -0.1) is 0 Å². The average Bonchev–Trinajstić information content (AvgIpc) is 2.72. The maximum absolute atomic E-state index is 5.25. The van der Waals surface area contributed by atoms with Crippen LogP contribution in [-0.4, -0.2) is 106 Å². The number of piperazine rings is 1. The Bertz CT molecular complexity index is 522. The van der Waals surface area contributed by atoms with E-state index in [2.05, 4.69) is 64.0 Å². The third-order valence-corrected chi connectivity index (χ3v) is 6.36. The molecule has 1 aromatic carbocycles. The Morgan fingerprint density at radius 2 is 1.63 bits per heavy atom. The average molecular weight is 375 g/mol. The smallest absolute Gasteiger partial charge is 0.0589 e. The van der Waals surface area contributed by atoms with Crippen LogP contribution in [-0.2, 0) is 4.74 Å². The summed E-state index contributed by atoms with van der Waals surface area (Å²) in [4.78, 5) is 10.3. The zero-order chi connectivity index (χ0) is 19.1. The van der Waals surface area contributed by atoms with Crippen LogP contribution in [0.4, 0.5) is 0 Å². The van der Waals surface area contributed by atoms with Crippen molar-refractivity contribution in [1.82, 2.24) is 19.6 Å². The Kier molecular flexibility index (Phi) is 8.09. The van der Waals surface area contributed by atoms with E-state index in [1.807, 2.05) is 0 Å². The number of methoxy groups -OCH3 is 1. The lowest BCUT2D eigenvalue weighted by atomic mass is 10.00. The molecule has 0 spiro atoms. The quantitative estimate of drug-likeness (QED) is 0.692. The highest BCUT2D eigenvalue weighted by molar-refractivity contribution is 5.20. The zero-order valence-electron chi connectivity index (χ0n) is 17.5. The van der Waals surface area contributed by atoms with Crippen molar-refractivity contribution in [3.8, 4) is 0 Å². The number of hydrogen-bond acceptors (Lipinski definition) is 5. The topological polar surface area (TPSA) is 22.2 Å². The van der Waals surface area contributed by atoms with E-state index in [1.54, 1.807) is 7.11 Å². The van der Waals surface area contributed by atoms with Crippen LogP contribution in [0.25, 0.3) is 0 Å². The number of ether oxygens (including phenoxy) is 1. The maximum atomic E-state index is 5.25. The van der Waals surface area contributed by atoms with Crippen LogP contribution < -0.4 is 0 Å². The summed E-state index contributed by atoms with van der Waals surface area (Å²) < 4.78 is 5.25. The molecule has 5 nitrogen and oxygen atoms in total. The largest absolute Gasteiger partial charge is 0.383 e. The fourth-order valence-corrected chi connectivity index (χ4v) is 4.49.